The molecule has 1 aliphatic carbocycles. The summed E-state index contributed by atoms with van der Waals surface area (Å²) in [6, 6.07) is 4.94. The first-order valence-corrected chi connectivity index (χ1v) is 7.25. The minimum absolute atomic E-state index is 0.124. The molecule has 2 atom stereocenters. The number of carbonyl (C=O) groups excluding carboxylic acids is 1. The van der Waals surface area contributed by atoms with Crippen molar-refractivity contribution in [3.05, 3.63) is 29.8 Å². The Morgan fingerprint density at radius 2 is 2.09 bits per heavy atom. The van der Waals surface area contributed by atoms with Crippen LogP contribution in [0.5, 0.6) is 5.75 Å². The Bertz CT molecular complexity index is 674. The lowest BCUT2D eigenvalue weighted by atomic mass is 9.80. The van der Waals surface area contributed by atoms with E-state index in [-0.39, 0.29) is 28.5 Å². The first kappa shape index (κ1) is 15.8. The highest BCUT2D eigenvalue weighted by molar-refractivity contribution is 5.99. The average Bonchev–Trinajstić information content (AvgIpc) is 2.81. The number of halogens is 3. The molecule has 1 aliphatic heterocycles. The van der Waals surface area contributed by atoms with Crippen LogP contribution in [0.4, 0.5) is 13.2 Å². The Hall–Kier alpha value is -2.09. The number of aliphatic hydroxyl groups is 1. The topological polar surface area (TPSA) is 73.1 Å². The van der Waals surface area contributed by atoms with Crippen LogP contribution in [0.2, 0.25) is 0 Å². The van der Waals surface area contributed by atoms with Gasteiger partial charge in [-0.05, 0) is 37.5 Å². The van der Waals surface area contributed by atoms with Gasteiger partial charge in [0.15, 0.2) is 0 Å². The third kappa shape index (κ3) is 2.37. The van der Waals surface area contributed by atoms with E-state index in [4.69, 9.17) is 0 Å². The molecule has 1 aromatic carbocycles. The van der Waals surface area contributed by atoms with Crippen molar-refractivity contribution in [1.29, 1.82) is 0 Å². The fourth-order valence-corrected chi connectivity index (χ4v) is 3.18. The molecule has 0 aromatic heterocycles. The summed E-state index contributed by atoms with van der Waals surface area (Å²) in [4.78, 5) is 12.5. The van der Waals surface area contributed by atoms with Gasteiger partial charge in [-0.25, -0.2) is 0 Å². The summed E-state index contributed by atoms with van der Waals surface area (Å²) in [6.07, 6.45) is -3.37. The van der Waals surface area contributed by atoms with Gasteiger partial charge < -0.3 is 10.2 Å². The summed E-state index contributed by atoms with van der Waals surface area (Å²) in [7, 11) is 0. The van der Waals surface area contributed by atoms with Crippen molar-refractivity contribution in [2.75, 3.05) is 0 Å². The number of nitrogens with zero attached hydrogens (tertiary/aromatic N) is 2. The van der Waals surface area contributed by atoms with E-state index in [0.717, 1.165) is 6.07 Å². The Kier molecular flexibility index (Phi) is 3.59. The van der Waals surface area contributed by atoms with Crippen LogP contribution in [0.3, 0.4) is 0 Å². The van der Waals surface area contributed by atoms with Crippen molar-refractivity contribution in [1.82, 2.24) is 5.01 Å². The monoisotopic (exact) mass is 328 g/mol. The Balaban J connectivity index is 2.05. The van der Waals surface area contributed by atoms with Gasteiger partial charge in [-0.3, -0.25) is 4.79 Å². The number of rotatable bonds is 1. The van der Waals surface area contributed by atoms with Crippen LogP contribution in [0.15, 0.2) is 29.4 Å². The summed E-state index contributed by atoms with van der Waals surface area (Å²) in [5.74, 6) is -2.59. The molecule has 5 nitrogen and oxygen atoms in total. The van der Waals surface area contributed by atoms with Crippen LogP contribution in [0.25, 0.3) is 0 Å². The van der Waals surface area contributed by atoms with Crippen molar-refractivity contribution in [3.8, 4) is 5.75 Å². The van der Waals surface area contributed by atoms with Gasteiger partial charge in [0, 0.05) is 11.3 Å². The molecule has 1 heterocycles. The average molecular weight is 328 g/mol. The normalized spacial score (nSPS) is 27.6. The molecule has 1 saturated carbocycles. The van der Waals surface area contributed by atoms with Crippen molar-refractivity contribution in [2.24, 2.45) is 11.0 Å². The van der Waals surface area contributed by atoms with E-state index in [1.807, 2.05) is 0 Å². The zero-order chi connectivity index (χ0) is 16.8. The number of alkyl halides is 3. The molecule has 0 bridgehead atoms. The molecule has 23 heavy (non-hydrogen) atoms. The molecule has 2 N–H and O–H groups in total. The Morgan fingerprint density at radius 3 is 2.74 bits per heavy atom. The van der Waals surface area contributed by atoms with Gasteiger partial charge >= 0.3 is 6.18 Å². The number of hydrogen-bond donors (Lipinski definition) is 2. The van der Waals surface area contributed by atoms with Crippen molar-refractivity contribution < 1.29 is 28.2 Å². The summed E-state index contributed by atoms with van der Waals surface area (Å²) in [5, 5.41) is 23.7. The van der Waals surface area contributed by atoms with Crippen molar-refractivity contribution in [2.45, 2.75) is 37.6 Å². The molecule has 1 fully saturated rings. The second-order valence-corrected chi connectivity index (χ2v) is 5.78. The highest BCUT2D eigenvalue weighted by atomic mass is 19.4. The summed E-state index contributed by atoms with van der Waals surface area (Å²) in [5.41, 5.74) is -3.31. The lowest BCUT2D eigenvalue weighted by molar-refractivity contribution is -0.312. The number of aromatic hydroxyl groups is 1. The predicted molar refractivity (Wildman–Crippen MR) is 74.7 cm³/mol. The van der Waals surface area contributed by atoms with Crippen LogP contribution in [-0.4, -0.2) is 38.7 Å². The number of amides is 1. The van der Waals surface area contributed by atoms with Gasteiger partial charge in [-0.15, -0.1) is 0 Å². The van der Waals surface area contributed by atoms with E-state index in [2.05, 4.69) is 5.10 Å². The van der Waals surface area contributed by atoms with E-state index in [1.165, 1.54) is 18.2 Å². The molecule has 1 amide bonds. The number of hydrogen-bond acceptors (Lipinski definition) is 4. The molecule has 8 heteroatoms. The van der Waals surface area contributed by atoms with Crippen LogP contribution in [-0.2, 0) is 0 Å². The maximum Gasteiger partial charge on any atom is 0.439 e. The van der Waals surface area contributed by atoms with Crippen LogP contribution >= 0.6 is 0 Å². The second kappa shape index (κ2) is 5.23. The first-order valence-electron chi connectivity index (χ1n) is 7.25. The number of hydrazone groups is 1. The zero-order valence-corrected chi connectivity index (χ0v) is 12.0. The second-order valence-electron chi connectivity index (χ2n) is 5.78. The SMILES string of the molecule is O=C(c1cccc(O)c1)N1N=C2CCCC[C@@H]2[C@@]1(O)C(F)(F)F. The van der Waals surface area contributed by atoms with E-state index in [0.29, 0.717) is 19.3 Å². The molecular weight excluding hydrogens is 313 g/mol. The maximum atomic E-state index is 13.6. The van der Waals surface area contributed by atoms with Gasteiger partial charge in [-0.2, -0.15) is 23.3 Å². The van der Waals surface area contributed by atoms with E-state index >= 15 is 0 Å². The molecular formula is C15H15F3N2O3. The third-order valence-electron chi connectivity index (χ3n) is 4.32. The zero-order valence-electron chi connectivity index (χ0n) is 12.0. The minimum atomic E-state index is -5.03. The van der Waals surface area contributed by atoms with Crippen LogP contribution in [0.1, 0.15) is 36.0 Å². The Morgan fingerprint density at radius 1 is 1.35 bits per heavy atom. The highest BCUT2D eigenvalue weighted by Crippen LogP contribution is 2.48. The molecule has 1 aromatic rings. The smallest absolute Gasteiger partial charge is 0.439 e. The number of fused-ring (bicyclic) bond motifs is 1. The number of phenolic OH excluding ortho intramolecular Hbond substituents is 1. The van der Waals surface area contributed by atoms with Crippen LogP contribution < -0.4 is 0 Å². The number of phenols is 1. The molecule has 0 radical (unpaired) electrons. The Labute approximate surface area is 130 Å². The van der Waals surface area contributed by atoms with E-state index < -0.39 is 23.7 Å². The van der Waals surface area contributed by atoms with Gasteiger partial charge in [0.05, 0.1) is 5.92 Å². The lowest BCUT2D eigenvalue weighted by Gasteiger charge is -2.38. The van der Waals surface area contributed by atoms with E-state index in [1.54, 1.807) is 0 Å². The highest BCUT2D eigenvalue weighted by Gasteiger charge is 2.68. The van der Waals surface area contributed by atoms with Gasteiger partial charge in [-0.1, -0.05) is 12.5 Å². The summed E-state index contributed by atoms with van der Waals surface area (Å²) >= 11 is 0. The summed E-state index contributed by atoms with van der Waals surface area (Å²) in [6.45, 7) is 0. The van der Waals surface area contributed by atoms with Gasteiger partial charge in [0.1, 0.15) is 5.75 Å². The van der Waals surface area contributed by atoms with Gasteiger partial charge in [0.25, 0.3) is 11.6 Å². The molecule has 3 rings (SSSR count). The maximum absolute atomic E-state index is 13.6. The minimum Gasteiger partial charge on any atom is -0.508 e. The standard InChI is InChI=1S/C15H15F3N2O3/c16-15(17,18)14(23)11-6-1-2-7-12(11)19-20(14)13(22)9-4-3-5-10(21)8-9/h3-5,8,11,21,23H,1-2,6-7H2/t11-,14+/m0/s1. The van der Waals surface area contributed by atoms with Crippen LogP contribution in [0, 0.1) is 5.92 Å². The lowest BCUT2D eigenvalue weighted by Crippen LogP contribution is -2.61. The third-order valence-corrected chi connectivity index (χ3v) is 4.32. The fraction of sp³-hybridized carbons (Fsp3) is 0.467. The molecule has 0 spiro atoms. The number of carbonyl (C=O) groups is 1. The molecule has 124 valence electrons. The fourth-order valence-electron chi connectivity index (χ4n) is 3.18. The van der Waals surface area contributed by atoms with Crippen molar-refractivity contribution in [3.63, 3.8) is 0 Å². The molecule has 0 saturated heterocycles. The van der Waals surface area contributed by atoms with E-state index in [9.17, 15) is 28.2 Å². The summed E-state index contributed by atoms with van der Waals surface area (Å²) < 4.78 is 40.7. The first-order chi connectivity index (χ1) is 10.7. The van der Waals surface area contributed by atoms with Gasteiger partial charge in [0.2, 0.25) is 0 Å². The quantitative estimate of drug-likeness (QED) is 0.832. The predicted octanol–water partition coefficient (Wildman–Crippen LogP) is 2.65. The largest absolute Gasteiger partial charge is 0.508 e. The van der Waals surface area contributed by atoms with Crippen molar-refractivity contribution >= 4 is 11.6 Å². The molecule has 2 aliphatic rings. The number of benzene rings is 1. The molecule has 0 unspecified atom stereocenters.